The highest BCUT2D eigenvalue weighted by Gasteiger charge is 2.13. The fourth-order valence-electron chi connectivity index (χ4n) is 1.03. The highest BCUT2D eigenvalue weighted by molar-refractivity contribution is 5.80. The summed E-state index contributed by atoms with van der Waals surface area (Å²) in [5, 5.41) is 0. The van der Waals surface area contributed by atoms with E-state index in [1.54, 1.807) is 6.92 Å². The molecule has 0 bridgehead atoms. The van der Waals surface area contributed by atoms with E-state index in [-0.39, 0.29) is 11.7 Å². The van der Waals surface area contributed by atoms with Crippen LogP contribution in [0.4, 0.5) is 0 Å². The molecule has 1 atom stereocenters. The molecule has 0 aliphatic rings. The zero-order valence-electron chi connectivity index (χ0n) is 7.22. The summed E-state index contributed by atoms with van der Waals surface area (Å²) in [7, 11) is 0. The van der Waals surface area contributed by atoms with Crippen LogP contribution in [0, 0.1) is 11.8 Å². The monoisotopic (exact) mass is 140 g/mol. The molecular weight excluding hydrogens is 124 g/mol. The molecule has 0 aliphatic carbocycles. The number of carbonyl (C=O) groups excluding carboxylic acids is 1. The van der Waals surface area contributed by atoms with E-state index in [4.69, 9.17) is 0 Å². The van der Waals surface area contributed by atoms with Gasteiger partial charge in [0.1, 0.15) is 5.78 Å². The Morgan fingerprint density at radius 3 is 2.00 bits per heavy atom. The second-order valence-electron chi connectivity index (χ2n) is 2.91. The summed E-state index contributed by atoms with van der Waals surface area (Å²) in [5.41, 5.74) is 0. The molecule has 1 unspecified atom stereocenters. The van der Waals surface area contributed by atoms with Crippen LogP contribution in [0.3, 0.4) is 0 Å². The van der Waals surface area contributed by atoms with Crippen molar-refractivity contribution in [1.29, 1.82) is 0 Å². The number of ketones is 1. The van der Waals surface area contributed by atoms with Crippen LogP contribution >= 0.6 is 0 Å². The summed E-state index contributed by atoms with van der Waals surface area (Å²) >= 11 is 0. The molecule has 0 aromatic rings. The van der Waals surface area contributed by atoms with Crippen molar-refractivity contribution in [2.45, 2.75) is 27.7 Å². The minimum Gasteiger partial charge on any atom is -0.299 e. The summed E-state index contributed by atoms with van der Waals surface area (Å²) in [4.78, 5) is 10.9. The number of hydrogen-bond acceptors (Lipinski definition) is 1. The van der Waals surface area contributed by atoms with Crippen LogP contribution in [0.2, 0.25) is 0 Å². The van der Waals surface area contributed by atoms with Crippen molar-refractivity contribution < 1.29 is 4.79 Å². The van der Waals surface area contributed by atoms with Gasteiger partial charge in [0.05, 0.1) is 0 Å². The number of carbonyl (C=O) groups is 1. The molecule has 0 N–H and O–H groups in total. The molecule has 1 nitrogen and oxygen atoms in total. The van der Waals surface area contributed by atoms with Gasteiger partial charge in [0, 0.05) is 5.92 Å². The fraction of sp³-hybridized carbons (Fsp3) is 0.667. The standard InChI is InChI=1S/C9H16O/c1-5-6-9(7(2)3)8(4)10/h5-7,9H,1-4H3/b6-5-. The minimum absolute atomic E-state index is 0.116. The van der Waals surface area contributed by atoms with E-state index in [9.17, 15) is 4.79 Å². The first-order valence-electron chi connectivity index (χ1n) is 3.72. The molecule has 0 rings (SSSR count). The van der Waals surface area contributed by atoms with Crippen LogP contribution < -0.4 is 0 Å². The van der Waals surface area contributed by atoms with Crippen molar-refractivity contribution in [3.8, 4) is 0 Å². The second-order valence-corrected chi connectivity index (χ2v) is 2.91. The van der Waals surface area contributed by atoms with E-state index in [1.807, 2.05) is 19.1 Å². The smallest absolute Gasteiger partial charge is 0.136 e. The highest BCUT2D eigenvalue weighted by Crippen LogP contribution is 2.12. The predicted octanol–water partition coefficient (Wildman–Crippen LogP) is 2.42. The third-order valence-corrected chi connectivity index (χ3v) is 1.59. The van der Waals surface area contributed by atoms with Gasteiger partial charge in [0.25, 0.3) is 0 Å². The van der Waals surface area contributed by atoms with Crippen molar-refractivity contribution in [3.05, 3.63) is 12.2 Å². The predicted molar refractivity (Wildman–Crippen MR) is 43.8 cm³/mol. The van der Waals surface area contributed by atoms with Gasteiger partial charge in [-0.2, -0.15) is 0 Å². The van der Waals surface area contributed by atoms with Gasteiger partial charge in [0.15, 0.2) is 0 Å². The molecule has 1 heteroatoms. The average molecular weight is 140 g/mol. The van der Waals surface area contributed by atoms with Crippen molar-refractivity contribution in [2.75, 3.05) is 0 Å². The van der Waals surface area contributed by atoms with E-state index in [1.165, 1.54) is 0 Å². The van der Waals surface area contributed by atoms with E-state index in [0.29, 0.717) is 5.92 Å². The van der Waals surface area contributed by atoms with E-state index in [0.717, 1.165) is 0 Å². The molecule has 58 valence electrons. The van der Waals surface area contributed by atoms with E-state index in [2.05, 4.69) is 13.8 Å². The fourth-order valence-corrected chi connectivity index (χ4v) is 1.03. The molecule has 10 heavy (non-hydrogen) atoms. The molecule has 0 fully saturated rings. The quantitative estimate of drug-likeness (QED) is 0.550. The Bertz CT molecular complexity index is 134. The first kappa shape index (κ1) is 9.41. The Morgan fingerprint density at radius 1 is 1.40 bits per heavy atom. The lowest BCUT2D eigenvalue weighted by molar-refractivity contribution is -0.120. The topological polar surface area (TPSA) is 17.1 Å². The summed E-state index contributed by atoms with van der Waals surface area (Å²) < 4.78 is 0. The lowest BCUT2D eigenvalue weighted by Crippen LogP contribution is -2.14. The molecule has 0 aliphatic heterocycles. The van der Waals surface area contributed by atoms with Gasteiger partial charge in [-0.15, -0.1) is 0 Å². The highest BCUT2D eigenvalue weighted by atomic mass is 16.1. The Labute approximate surface area is 63.1 Å². The van der Waals surface area contributed by atoms with Gasteiger partial charge in [0.2, 0.25) is 0 Å². The van der Waals surface area contributed by atoms with Crippen molar-refractivity contribution >= 4 is 5.78 Å². The molecule has 0 aromatic carbocycles. The molecule has 0 amide bonds. The third kappa shape index (κ3) is 2.81. The normalized spacial score (nSPS) is 14.5. The number of rotatable bonds is 3. The van der Waals surface area contributed by atoms with Crippen molar-refractivity contribution in [2.24, 2.45) is 11.8 Å². The maximum Gasteiger partial charge on any atom is 0.136 e. The van der Waals surface area contributed by atoms with Gasteiger partial charge < -0.3 is 0 Å². The van der Waals surface area contributed by atoms with E-state index < -0.39 is 0 Å². The number of allylic oxidation sites excluding steroid dienone is 2. The molecule has 0 heterocycles. The van der Waals surface area contributed by atoms with Gasteiger partial charge in [-0.1, -0.05) is 26.0 Å². The zero-order valence-corrected chi connectivity index (χ0v) is 7.22. The maximum absolute atomic E-state index is 10.9. The zero-order chi connectivity index (χ0) is 8.15. The molecule has 0 radical (unpaired) electrons. The van der Waals surface area contributed by atoms with E-state index >= 15 is 0 Å². The third-order valence-electron chi connectivity index (χ3n) is 1.59. The lowest BCUT2D eigenvalue weighted by atomic mass is 9.92. The van der Waals surface area contributed by atoms with Crippen molar-refractivity contribution in [3.63, 3.8) is 0 Å². The van der Waals surface area contributed by atoms with Crippen LogP contribution in [-0.2, 0) is 4.79 Å². The van der Waals surface area contributed by atoms with Crippen LogP contribution in [0.15, 0.2) is 12.2 Å². The lowest BCUT2D eigenvalue weighted by Gasteiger charge is -2.11. The Kier molecular flexibility index (Phi) is 4.01. The largest absolute Gasteiger partial charge is 0.299 e. The summed E-state index contributed by atoms with van der Waals surface area (Å²) in [6.45, 7) is 7.71. The number of Topliss-reactive ketones (excluding diaryl/α,β-unsaturated/α-hetero) is 1. The van der Waals surface area contributed by atoms with Crippen LogP contribution in [0.1, 0.15) is 27.7 Å². The molecule has 0 spiro atoms. The Balaban J connectivity index is 4.12. The SMILES string of the molecule is C/C=C\C(C(C)=O)C(C)C. The van der Waals surface area contributed by atoms with Crippen LogP contribution in [0.5, 0.6) is 0 Å². The summed E-state index contributed by atoms with van der Waals surface area (Å²) in [6, 6.07) is 0. The van der Waals surface area contributed by atoms with Crippen LogP contribution in [0.25, 0.3) is 0 Å². The average Bonchev–Trinajstić information content (AvgIpc) is 1.81. The summed E-state index contributed by atoms with van der Waals surface area (Å²) in [5.74, 6) is 0.798. The van der Waals surface area contributed by atoms with Gasteiger partial charge in [-0.25, -0.2) is 0 Å². The Hall–Kier alpha value is -0.590. The second kappa shape index (κ2) is 4.26. The first-order chi connectivity index (χ1) is 4.59. The maximum atomic E-state index is 10.9. The minimum atomic E-state index is 0.116. The van der Waals surface area contributed by atoms with Gasteiger partial charge in [-0.05, 0) is 19.8 Å². The van der Waals surface area contributed by atoms with Gasteiger partial charge >= 0.3 is 0 Å². The van der Waals surface area contributed by atoms with Gasteiger partial charge in [-0.3, -0.25) is 4.79 Å². The number of hydrogen-bond donors (Lipinski definition) is 0. The molecular formula is C9H16O. The van der Waals surface area contributed by atoms with Crippen molar-refractivity contribution in [1.82, 2.24) is 0 Å². The Morgan fingerprint density at radius 2 is 1.90 bits per heavy atom. The molecule has 0 saturated heterocycles. The van der Waals surface area contributed by atoms with Crippen LogP contribution in [-0.4, -0.2) is 5.78 Å². The first-order valence-corrected chi connectivity index (χ1v) is 3.72. The summed E-state index contributed by atoms with van der Waals surface area (Å²) in [6.07, 6.45) is 3.90. The molecule has 0 aromatic heterocycles. The molecule has 0 saturated carbocycles.